The van der Waals surface area contributed by atoms with Gasteiger partial charge < -0.3 is 14.2 Å². The van der Waals surface area contributed by atoms with Gasteiger partial charge in [0.05, 0.1) is 0 Å². The Labute approximate surface area is 241 Å². The maximum absolute atomic E-state index is 16.7. The number of carbonyl (C=O) groups is 2. The van der Waals surface area contributed by atoms with E-state index in [2.05, 4.69) is 27.9 Å². The largest absolute Gasteiger partial charge is 0.462 e. The van der Waals surface area contributed by atoms with Crippen LogP contribution in [0.4, 0.5) is 4.39 Å². The predicted octanol–water partition coefficient (Wildman–Crippen LogP) is 5.37. The van der Waals surface area contributed by atoms with E-state index in [1.165, 1.54) is 0 Å². The average molecular weight is 609 g/mol. The van der Waals surface area contributed by atoms with Crippen molar-refractivity contribution in [3.63, 3.8) is 0 Å². The standard InChI is InChI=1S/C31H28FNO5.CH3Br/c1-33-25-15-19(16-26(33)28-27(25)38-28)37-29(34)22(18-9-3-2-4-10-18)17-36-30(35)31(32)23-13-7-5-11-20(23)21-12-6-8-14-24(21)31;1-2/h2-14,19,22,25-28H,15-17H2,1H3;1H3/t19?,22?,25?,26?,27-,28+;. The molecule has 208 valence electrons. The van der Waals surface area contributed by atoms with Gasteiger partial charge in [-0.3, -0.25) is 9.69 Å². The number of morpholine rings is 1. The average Bonchev–Trinajstić information content (AvgIpc) is 3.71. The Morgan fingerprint density at radius 1 is 0.925 bits per heavy atom. The van der Waals surface area contributed by atoms with Crippen molar-refractivity contribution < 1.29 is 28.2 Å². The maximum Gasteiger partial charge on any atom is 0.353 e. The molecule has 2 bridgehead atoms. The number of rotatable bonds is 6. The minimum absolute atomic E-state index is 0.229. The van der Waals surface area contributed by atoms with Gasteiger partial charge in [-0.1, -0.05) is 94.8 Å². The van der Waals surface area contributed by atoms with Crippen molar-refractivity contribution in [2.75, 3.05) is 19.5 Å². The molecule has 40 heavy (non-hydrogen) atoms. The van der Waals surface area contributed by atoms with Crippen molar-refractivity contribution in [1.82, 2.24) is 4.90 Å². The van der Waals surface area contributed by atoms with E-state index >= 15 is 4.39 Å². The zero-order chi connectivity index (χ0) is 28.0. The highest BCUT2D eigenvalue weighted by Crippen LogP contribution is 2.51. The molecule has 3 fully saturated rings. The second-order valence-electron chi connectivity index (χ2n) is 10.7. The molecule has 3 heterocycles. The normalized spacial score (nSPS) is 27.2. The minimum atomic E-state index is -2.45. The van der Waals surface area contributed by atoms with Crippen LogP contribution in [0.3, 0.4) is 0 Å². The van der Waals surface area contributed by atoms with Crippen molar-refractivity contribution in [1.29, 1.82) is 0 Å². The molecule has 0 spiro atoms. The van der Waals surface area contributed by atoms with E-state index in [0.717, 1.165) is 0 Å². The van der Waals surface area contributed by atoms with Gasteiger partial charge in [0.25, 0.3) is 5.67 Å². The molecular formula is C32H31BrFNO5. The first kappa shape index (κ1) is 27.1. The summed E-state index contributed by atoms with van der Waals surface area (Å²) in [5.74, 6) is -0.544. The second-order valence-corrected chi connectivity index (χ2v) is 10.7. The number of benzene rings is 3. The van der Waals surface area contributed by atoms with Gasteiger partial charge in [-0.05, 0) is 29.6 Å². The molecule has 3 aromatic carbocycles. The third kappa shape index (κ3) is 4.37. The lowest BCUT2D eigenvalue weighted by Gasteiger charge is -2.38. The molecule has 4 unspecified atom stereocenters. The number of likely N-dealkylation sites (N-methyl/N-ethyl adjacent to an activating group) is 1. The van der Waals surface area contributed by atoms with Crippen molar-refractivity contribution in [3.8, 4) is 11.1 Å². The predicted molar refractivity (Wildman–Crippen MR) is 152 cm³/mol. The van der Waals surface area contributed by atoms with Crippen molar-refractivity contribution in [2.45, 2.75) is 54.8 Å². The van der Waals surface area contributed by atoms with Crippen LogP contribution in [0.1, 0.15) is 35.4 Å². The number of ether oxygens (including phenoxy) is 3. The summed E-state index contributed by atoms with van der Waals surface area (Å²) in [5, 5.41) is 0. The summed E-state index contributed by atoms with van der Waals surface area (Å²) in [6.45, 7) is -0.314. The molecular weight excluding hydrogens is 577 g/mol. The number of hydrogen-bond acceptors (Lipinski definition) is 6. The summed E-state index contributed by atoms with van der Waals surface area (Å²) >= 11 is 2.94. The Bertz CT molecular complexity index is 1350. The molecule has 0 radical (unpaired) electrons. The van der Waals surface area contributed by atoms with Crippen molar-refractivity contribution >= 4 is 27.9 Å². The Morgan fingerprint density at radius 2 is 1.45 bits per heavy atom. The molecule has 0 saturated carbocycles. The van der Waals surface area contributed by atoms with Crippen LogP contribution in [0, 0.1) is 0 Å². The number of fused-ring (bicyclic) bond motifs is 8. The van der Waals surface area contributed by atoms with Gasteiger partial charge >= 0.3 is 11.9 Å². The first-order chi connectivity index (χ1) is 19.5. The van der Waals surface area contributed by atoms with Gasteiger partial charge in [0.2, 0.25) is 0 Å². The van der Waals surface area contributed by atoms with Gasteiger partial charge in [-0.15, -0.1) is 0 Å². The fourth-order valence-electron chi connectivity index (χ4n) is 6.69. The van der Waals surface area contributed by atoms with Crippen LogP contribution >= 0.6 is 15.9 Å². The van der Waals surface area contributed by atoms with E-state index in [1.807, 2.05) is 36.2 Å². The lowest BCUT2D eigenvalue weighted by atomic mass is 9.93. The number of alkyl halides is 2. The number of halogens is 2. The van der Waals surface area contributed by atoms with Gasteiger partial charge in [0.1, 0.15) is 30.8 Å². The number of epoxide rings is 1. The Morgan fingerprint density at radius 3 is 2.02 bits per heavy atom. The summed E-state index contributed by atoms with van der Waals surface area (Å²) in [7, 11) is 2.10. The molecule has 0 aromatic heterocycles. The Kier molecular flexibility index (Phi) is 7.27. The number of piperidine rings is 1. The molecule has 1 aliphatic carbocycles. The number of nitrogens with zero attached hydrogens (tertiary/aromatic N) is 1. The number of esters is 2. The molecule has 8 heteroatoms. The summed E-state index contributed by atoms with van der Waals surface area (Å²) in [5.41, 5.74) is 0.0562. The van der Waals surface area contributed by atoms with E-state index in [0.29, 0.717) is 29.5 Å². The summed E-state index contributed by atoms with van der Waals surface area (Å²) in [6, 6.07) is 23.5. The number of hydrogen-bond donors (Lipinski definition) is 0. The van der Waals surface area contributed by atoms with Crippen LogP contribution in [0.2, 0.25) is 0 Å². The summed E-state index contributed by atoms with van der Waals surface area (Å²) < 4.78 is 34.1. The second kappa shape index (κ2) is 10.7. The van der Waals surface area contributed by atoms with E-state index in [9.17, 15) is 9.59 Å². The highest BCUT2D eigenvalue weighted by Gasteiger charge is 2.63. The van der Waals surface area contributed by atoms with Gasteiger partial charge in [-0.25, -0.2) is 9.18 Å². The molecule has 7 rings (SSSR count). The smallest absolute Gasteiger partial charge is 0.353 e. The van der Waals surface area contributed by atoms with E-state index in [1.54, 1.807) is 48.5 Å². The zero-order valence-electron chi connectivity index (χ0n) is 22.3. The fourth-order valence-corrected chi connectivity index (χ4v) is 6.69. The molecule has 6 nitrogen and oxygen atoms in total. The van der Waals surface area contributed by atoms with Gasteiger partial charge in [0.15, 0.2) is 0 Å². The quantitative estimate of drug-likeness (QED) is 0.213. The fraction of sp³-hybridized carbons (Fsp3) is 0.375. The molecule has 6 atom stereocenters. The van der Waals surface area contributed by atoms with Gasteiger partial charge in [-0.2, -0.15) is 0 Å². The number of carbonyl (C=O) groups excluding carboxylic acids is 2. The molecule has 3 saturated heterocycles. The van der Waals surface area contributed by atoms with Gasteiger partial charge in [0, 0.05) is 36.1 Å². The van der Waals surface area contributed by atoms with E-state index in [-0.39, 0.29) is 48.1 Å². The highest BCUT2D eigenvalue weighted by molar-refractivity contribution is 9.08. The van der Waals surface area contributed by atoms with Crippen LogP contribution in [0.5, 0.6) is 0 Å². The van der Waals surface area contributed by atoms with Crippen LogP contribution < -0.4 is 0 Å². The molecule has 0 amide bonds. The summed E-state index contributed by atoms with van der Waals surface area (Å²) in [4.78, 5) is 29.3. The lowest BCUT2D eigenvalue weighted by molar-refractivity contribution is -0.162. The van der Waals surface area contributed by atoms with E-state index in [4.69, 9.17) is 14.2 Å². The third-order valence-electron chi connectivity index (χ3n) is 8.69. The van der Waals surface area contributed by atoms with Crippen molar-refractivity contribution in [3.05, 3.63) is 95.6 Å². The first-order valence-electron chi connectivity index (χ1n) is 13.5. The highest BCUT2D eigenvalue weighted by atomic mass is 79.9. The molecule has 3 aromatic rings. The SMILES string of the molecule is CBr.CN1C2CC(OC(=O)C(COC(=O)C3(F)c4ccccc4-c4ccccc43)c3ccccc3)CC1[C@@H]1O[C@H]21. The zero-order valence-corrected chi connectivity index (χ0v) is 23.9. The summed E-state index contributed by atoms with van der Waals surface area (Å²) in [6.07, 6.45) is 1.66. The maximum atomic E-state index is 16.7. The van der Waals surface area contributed by atoms with Crippen LogP contribution in [-0.4, -0.2) is 66.7 Å². The van der Waals surface area contributed by atoms with Crippen LogP contribution in [0.25, 0.3) is 11.1 Å². The molecule has 0 N–H and O–H groups in total. The molecule has 4 aliphatic rings. The third-order valence-corrected chi connectivity index (χ3v) is 8.69. The lowest BCUT2D eigenvalue weighted by Crippen LogP contribution is -2.48. The van der Waals surface area contributed by atoms with Crippen molar-refractivity contribution in [2.24, 2.45) is 0 Å². The van der Waals surface area contributed by atoms with Crippen LogP contribution in [-0.2, 0) is 29.5 Å². The molecule has 3 aliphatic heterocycles. The van der Waals surface area contributed by atoms with E-state index < -0.39 is 23.5 Å². The first-order valence-corrected chi connectivity index (χ1v) is 15.1. The topological polar surface area (TPSA) is 68.4 Å². The van der Waals surface area contributed by atoms with Crippen LogP contribution in [0.15, 0.2) is 78.9 Å². The minimum Gasteiger partial charge on any atom is -0.462 e. The Hall–Kier alpha value is -3.07. The monoisotopic (exact) mass is 607 g/mol. The Balaban J connectivity index is 0.00000142.